The Morgan fingerprint density at radius 3 is 2.87 bits per heavy atom. The maximum absolute atomic E-state index is 12.4. The van der Waals surface area contributed by atoms with Crippen LogP contribution in [0, 0.1) is 0 Å². The van der Waals surface area contributed by atoms with Gasteiger partial charge in [0.05, 0.1) is 18.8 Å². The Kier molecular flexibility index (Phi) is 4.43. The lowest BCUT2D eigenvalue weighted by Gasteiger charge is -2.30. The van der Waals surface area contributed by atoms with Crippen molar-refractivity contribution in [2.45, 2.75) is 57.4 Å². The molecule has 1 saturated heterocycles. The van der Waals surface area contributed by atoms with Crippen LogP contribution in [0.1, 0.15) is 49.5 Å². The van der Waals surface area contributed by atoms with Crippen LogP contribution >= 0.6 is 15.9 Å². The summed E-state index contributed by atoms with van der Waals surface area (Å²) in [6.45, 7) is 2.92. The number of fused-ring (bicyclic) bond motifs is 1. The fraction of sp³-hybridized carbons (Fsp3) is 0.750. The zero-order valence-electron chi connectivity index (χ0n) is 13.2. The topological polar surface area (TPSA) is 56.6 Å². The number of imidazole rings is 1. The second-order valence-electron chi connectivity index (χ2n) is 6.55. The minimum absolute atomic E-state index is 0.0950. The summed E-state index contributed by atoms with van der Waals surface area (Å²) in [5.41, 5.74) is 1.11. The zero-order valence-corrected chi connectivity index (χ0v) is 14.8. The molecule has 3 heterocycles. The van der Waals surface area contributed by atoms with Crippen molar-refractivity contribution in [3.05, 3.63) is 16.1 Å². The summed E-state index contributed by atoms with van der Waals surface area (Å²) in [7, 11) is 0. The summed E-state index contributed by atoms with van der Waals surface area (Å²) >= 11 is 3.56. The Labute approximate surface area is 144 Å². The molecule has 3 aliphatic rings. The predicted octanol–water partition coefficient (Wildman–Crippen LogP) is 2.41. The predicted molar refractivity (Wildman–Crippen MR) is 86.9 cm³/mol. The maximum Gasteiger partial charge on any atom is 0.242 e. The molecule has 6 nitrogen and oxygen atoms in total. The molecule has 4 rings (SSSR count). The average molecular weight is 384 g/mol. The number of amides is 1. The fourth-order valence-corrected chi connectivity index (χ4v) is 3.82. The molecule has 1 amide bonds. The lowest BCUT2D eigenvalue weighted by atomic mass is 10.2. The maximum atomic E-state index is 12.4. The van der Waals surface area contributed by atoms with Gasteiger partial charge < -0.3 is 18.9 Å². The van der Waals surface area contributed by atoms with E-state index in [2.05, 4.69) is 25.5 Å². The molecule has 1 aromatic rings. The molecule has 7 heteroatoms. The molecule has 0 aromatic carbocycles. The van der Waals surface area contributed by atoms with Crippen molar-refractivity contribution in [2.75, 3.05) is 19.8 Å². The smallest absolute Gasteiger partial charge is 0.242 e. The number of hydrogen-bond donors (Lipinski definition) is 0. The van der Waals surface area contributed by atoms with Gasteiger partial charge in [0.2, 0.25) is 5.91 Å². The molecule has 0 spiro atoms. The Morgan fingerprint density at radius 1 is 1.26 bits per heavy atom. The zero-order chi connectivity index (χ0) is 15.8. The second kappa shape index (κ2) is 6.53. The van der Waals surface area contributed by atoms with E-state index < -0.39 is 0 Å². The number of hydrogen-bond acceptors (Lipinski definition) is 4. The van der Waals surface area contributed by atoms with Gasteiger partial charge in [-0.3, -0.25) is 4.79 Å². The van der Waals surface area contributed by atoms with E-state index in [0.29, 0.717) is 32.2 Å². The fourth-order valence-electron chi connectivity index (χ4n) is 3.30. The van der Waals surface area contributed by atoms with Crippen molar-refractivity contribution >= 4 is 21.8 Å². The van der Waals surface area contributed by atoms with Crippen LogP contribution in [0.2, 0.25) is 0 Å². The highest BCUT2D eigenvalue weighted by molar-refractivity contribution is 9.10. The van der Waals surface area contributed by atoms with E-state index >= 15 is 0 Å². The quantitative estimate of drug-likeness (QED) is 0.783. The highest BCUT2D eigenvalue weighted by Crippen LogP contribution is 2.41. The van der Waals surface area contributed by atoms with Crippen LogP contribution in [-0.2, 0) is 27.4 Å². The minimum atomic E-state index is -0.0950. The van der Waals surface area contributed by atoms with Gasteiger partial charge in [-0.15, -0.1) is 0 Å². The molecule has 23 heavy (non-hydrogen) atoms. The molecule has 2 aliphatic heterocycles. The molecule has 1 aliphatic carbocycles. The van der Waals surface area contributed by atoms with Gasteiger partial charge in [0, 0.05) is 19.1 Å². The average Bonchev–Trinajstić information content (AvgIpc) is 3.35. The van der Waals surface area contributed by atoms with Gasteiger partial charge in [0.1, 0.15) is 17.0 Å². The summed E-state index contributed by atoms with van der Waals surface area (Å²) < 4.78 is 14.3. The second-order valence-corrected chi connectivity index (χ2v) is 7.30. The van der Waals surface area contributed by atoms with E-state index in [1.165, 1.54) is 12.8 Å². The molecular formula is C16H22BrN3O3. The summed E-state index contributed by atoms with van der Waals surface area (Å²) in [6, 6.07) is 0. The van der Waals surface area contributed by atoms with Crippen molar-refractivity contribution in [2.24, 2.45) is 0 Å². The highest BCUT2D eigenvalue weighted by atomic mass is 79.9. The van der Waals surface area contributed by atoms with Gasteiger partial charge in [-0.2, -0.15) is 0 Å². The molecule has 0 bridgehead atoms. The Morgan fingerprint density at radius 2 is 2.13 bits per heavy atom. The van der Waals surface area contributed by atoms with Crippen LogP contribution in [0.4, 0.5) is 0 Å². The van der Waals surface area contributed by atoms with E-state index in [0.717, 1.165) is 42.0 Å². The monoisotopic (exact) mass is 383 g/mol. The summed E-state index contributed by atoms with van der Waals surface area (Å²) in [5.74, 6) is 1.77. The number of nitrogens with zero attached hydrogens (tertiary/aromatic N) is 3. The molecule has 0 radical (unpaired) electrons. The van der Waals surface area contributed by atoms with Gasteiger partial charge in [-0.05, 0) is 48.0 Å². The van der Waals surface area contributed by atoms with Gasteiger partial charge in [0.25, 0.3) is 0 Å². The van der Waals surface area contributed by atoms with E-state index in [9.17, 15) is 4.79 Å². The first-order valence-electron chi connectivity index (χ1n) is 8.48. The molecule has 1 aromatic heterocycles. The number of ether oxygens (including phenoxy) is 2. The van der Waals surface area contributed by atoms with Gasteiger partial charge >= 0.3 is 0 Å². The minimum Gasteiger partial charge on any atom is -0.353 e. The van der Waals surface area contributed by atoms with Crippen LogP contribution < -0.4 is 0 Å². The van der Waals surface area contributed by atoms with Crippen molar-refractivity contribution in [1.82, 2.24) is 14.5 Å². The molecule has 0 N–H and O–H groups in total. The van der Waals surface area contributed by atoms with Crippen LogP contribution in [0.15, 0.2) is 4.60 Å². The molecule has 126 valence electrons. The summed E-state index contributed by atoms with van der Waals surface area (Å²) in [5, 5.41) is 0. The van der Waals surface area contributed by atoms with Crippen molar-refractivity contribution in [3.63, 3.8) is 0 Å². The number of carbonyl (C=O) groups is 1. The standard InChI is InChI=1S/C16H22BrN3O3/c17-15-12-9-19(6-8-23-14-3-1-2-7-22-14)13(21)10-20(12)16(18-15)11-4-5-11/h11,14H,1-10H2. The van der Waals surface area contributed by atoms with Crippen molar-refractivity contribution in [1.29, 1.82) is 0 Å². The molecule has 1 unspecified atom stereocenters. The lowest BCUT2D eigenvalue weighted by molar-refractivity contribution is -0.167. The van der Waals surface area contributed by atoms with E-state index in [-0.39, 0.29) is 12.2 Å². The van der Waals surface area contributed by atoms with Crippen LogP contribution in [0.5, 0.6) is 0 Å². The lowest BCUT2D eigenvalue weighted by Crippen LogP contribution is -2.41. The van der Waals surface area contributed by atoms with Crippen molar-refractivity contribution in [3.8, 4) is 0 Å². The Hall–Kier alpha value is -0.920. The SMILES string of the molecule is O=C1Cn2c(C3CC3)nc(Br)c2CN1CCOC1CCCCO1. The number of aromatic nitrogens is 2. The first-order valence-corrected chi connectivity index (χ1v) is 9.27. The third kappa shape index (κ3) is 3.32. The summed E-state index contributed by atoms with van der Waals surface area (Å²) in [6.07, 6.45) is 5.51. The number of halogens is 1. The summed E-state index contributed by atoms with van der Waals surface area (Å²) in [4.78, 5) is 18.9. The molecule has 2 fully saturated rings. The molecular weight excluding hydrogens is 362 g/mol. The first-order chi connectivity index (χ1) is 11.2. The largest absolute Gasteiger partial charge is 0.353 e. The normalized spacial score (nSPS) is 24.8. The van der Waals surface area contributed by atoms with Crippen LogP contribution in [0.25, 0.3) is 0 Å². The Balaban J connectivity index is 1.36. The number of carbonyl (C=O) groups excluding carboxylic acids is 1. The van der Waals surface area contributed by atoms with Gasteiger partial charge in [-0.25, -0.2) is 4.98 Å². The van der Waals surface area contributed by atoms with E-state index in [1.54, 1.807) is 0 Å². The van der Waals surface area contributed by atoms with E-state index in [1.807, 2.05) is 4.90 Å². The Bertz CT molecular complexity index is 594. The highest BCUT2D eigenvalue weighted by Gasteiger charge is 2.34. The van der Waals surface area contributed by atoms with Crippen molar-refractivity contribution < 1.29 is 14.3 Å². The van der Waals surface area contributed by atoms with Gasteiger partial charge in [-0.1, -0.05) is 0 Å². The molecule has 1 atom stereocenters. The molecule has 1 saturated carbocycles. The van der Waals surface area contributed by atoms with E-state index in [4.69, 9.17) is 9.47 Å². The van der Waals surface area contributed by atoms with Gasteiger partial charge in [0.15, 0.2) is 6.29 Å². The van der Waals surface area contributed by atoms with Crippen LogP contribution in [0.3, 0.4) is 0 Å². The third-order valence-corrected chi connectivity index (χ3v) is 5.42. The number of rotatable bonds is 5. The van der Waals surface area contributed by atoms with Crippen LogP contribution in [-0.4, -0.2) is 46.4 Å². The first kappa shape index (κ1) is 15.6. The third-order valence-electron chi connectivity index (χ3n) is 4.79.